The Bertz CT molecular complexity index is 559. The molecule has 3 rings (SSSR count). The van der Waals surface area contributed by atoms with Crippen LogP contribution in [0, 0.1) is 0 Å². The molecule has 1 fully saturated rings. The fourth-order valence-corrected chi connectivity index (χ4v) is 2.41. The first-order valence-corrected chi connectivity index (χ1v) is 6.10. The van der Waals surface area contributed by atoms with Gasteiger partial charge in [-0.05, 0) is 25.0 Å². The fraction of sp³-hybridized carbons (Fsp3) is 0.385. The van der Waals surface area contributed by atoms with Gasteiger partial charge in [-0.15, -0.1) is 0 Å². The third-order valence-corrected chi connectivity index (χ3v) is 3.45. The van der Waals surface area contributed by atoms with Crippen molar-refractivity contribution in [1.29, 1.82) is 0 Å². The van der Waals surface area contributed by atoms with E-state index >= 15 is 0 Å². The van der Waals surface area contributed by atoms with Crippen molar-refractivity contribution in [2.75, 3.05) is 0 Å². The summed E-state index contributed by atoms with van der Waals surface area (Å²) >= 11 is 0. The van der Waals surface area contributed by atoms with Gasteiger partial charge in [-0.2, -0.15) is 4.98 Å². The minimum Gasteiger partial charge on any atom is -0.508 e. The number of aromatic nitrogens is 2. The van der Waals surface area contributed by atoms with Gasteiger partial charge in [-0.25, -0.2) is 0 Å². The number of hydrogen-bond donors (Lipinski definition) is 2. The van der Waals surface area contributed by atoms with E-state index in [4.69, 9.17) is 10.3 Å². The molecule has 1 heterocycles. The van der Waals surface area contributed by atoms with Crippen LogP contribution in [0.1, 0.15) is 31.6 Å². The van der Waals surface area contributed by atoms with Gasteiger partial charge in [0.25, 0.3) is 0 Å². The molecule has 1 saturated carbocycles. The number of hydrogen-bond acceptors (Lipinski definition) is 5. The van der Waals surface area contributed by atoms with Gasteiger partial charge < -0.3 is 15.4 Å². The van der Waals surface area contributed by atoms with Crippen LogP contribution < -0.4 is 5.73 Å². The lowest BCUT2D eigenvalue weighted by molar-refractivity contribution is 0.285. The Labute approximate surface area is 105 Å². The quantitative estimate of drug-likeness (QED) is 0.846. The van der Waals surface area contributed by atoms with E-state index in [0.717, 1.165) is 31.2 Å². The zero-order valence-corrected chi connectivity index (χ0v) is 9.97. The number of nitrogens with zero attached hydrogens (tertiary/aromatic N) is 2. The first kappa shape index (κ1) is 11.2. The molecule has 18 heavy (non-hydrogen) atoms. The maximum Gasteiger partial charge on any atom is 0.247 e. The van der Waals surface area contributed by atoms with Crippen LogP contribution in [0.15, 0.2) is 28.8 Å². The van der Waals surface area contributed by atoms with Gasteiger partial charge in [-0.1, -0.05) is 30.1 Å². The zero-order chi connectivity index (χ0) is 12.6. The number of benzene rings is 1. The third-order valence-electron chi connectivity index (χ3n) is 3.45. The van der Waals surface area contributed by atoms with Gasteiger partial charge in [0.05, 0.1) is 5.54 Å². The molecule has 0 unspecified atom stereocenters. The smallest absolute Gasteiger partial charge is 0.247 e. The molecule has 1 aliphatic carbocycles. The number of aromatic hydroxyl groups is 1. The Morgan fingerprint density at radius 2 is 2.06 bits per heavy atom. The summed E-state index contributed by atoms with van der Waals surface area (Å²) in [5.41, 5.74) is 6.51. The van der Waals surface area contributed by atoms with E-state index in [-0.39, 0.29) is 5.75 Å². The molecule has 2 aromatic rings. The molecule has 0 aliphatic heterocycles. The van der Waals surface area contributed by atoms with Crippen molar-refractivity contribution in [2.45, 2.75) is 31.2 Å². The van der Waals surface area contributed by atoms with Gasteiger partial charge in [0, 0.05) is 5.56 Å². The van der Waals surface area contributed by atoms with Gasteiger partial charge in [0.2, 0.25) is 11.7 Å². The predicted molar refractivity (Wildman–Crippen MR) is 65.7 cm³/mol. The second kappa shape index (κ2) is 4.10. The lowest BCUT2D eigenvalue weighted by Gasteiger charge is -2.17. The minimum absolute atomic E-state index is 0.183. The Hall–Kier alpha value is -1.88. The molecular weight excluding hydrogens is 230 g/mol. The molecular formula is C13H15N3O2. The molecule has 94 valence electrons. The van der Waals surface area contributed by atoms with Gasteiger partial charge in [0.15, 0.2) is 0 Å². The van der Waals surface area contributed by atoms with Gasteiger partial charge in [0.1, 0.15) is 5.75 Å². The number of phenols is 1. The standard InChI is InChI=1S/C13H15N3O2/c14-13(6-1-2-7-13)12-15-11(16-18-12)9-4-3-5-10(17)8-9/h3-5,8,17H,1-2,6-7,14H2. The zero-order valence-electron chi connectivity index (χ0n) is 9.97. The lowest BCUT2D eigenvalue weighted by Crippen LogP contribution is -2.33. The van der Waals surface area contributed by atoms with Crippen molar-refractivity contribution in [1.82, 2.24) is 10.1 Å². The summed E-state index contributed by atoms with van der Waals surface area (Å²) in [6.45, 7) is 0. The summed E-state index contributed by atoms with van der Waals surface area (Å²) < 4.78 is 5.28. The summed E-state index contributed by atoms with van der Waals surface area (Å²) in [6.07, 6.45) is 3.96. The van der Waals surface area contributed by atoms with Crippen molar-refractivity contribution in [3.63, 3.8) is 0 Å². The molecule has 1 aromatic heterocycles. The fourth-order valence-electron chi connectivity index (χ4n) is 2.41. The van der Waals surface area contributed by atoms with Crippen LogP contribution in [0.2, 0.25) is 0 Å². The van der Waals surface area contributed by atoms with E-state index in [2.05, 4.69) is 10.1 Å². The maximum absolute atomic E-state index is 9.43. The normalized spacial score (nSPS) is 18.1. The van der Waals surface area contributed by atoms with Gasteiger partial charge in [-0.3, -0.25) is 0 Å². The Balaban J connectivity index is 1.94. The van der Waals surface area contributed by atoms with Crippen molar-refractivity contribution >= 4 is 0 Å². The van der Waals surface area contributed by atoms with Gasteiger partial charge >= 0.3 is 0 Å². The van der Waals surface area contributed by atoms with E-state index in [1.165, 1.54) is 0 Å². The number of rotatable bonds is 2. The lowest BCUT2D eigenvalue weighted by atomic mass is 9.99. The second-order valence-electron chi connectivity index (χ2n) is 4.84. The Morgan fingerprint density at radius 1 is 1.28 bits per heavy atom. The molecule has 5 heteroatoms. The van der Waals surface area contributed by atoms with Crippen LogP contribution in [-0.2, 0) is 5.54 Å². The maximum atomic E-state index is 9.43. The molecule has 0 spiro atoms. The van der Waals surface area contributed by atoms with E-state index in [1.54, 1.807) is 18.2 Å². The largest absolute Gasteiger partial charge is 0.508 e. The first-order valence-electron chi connectivity index (χ1n) is 6.10. The average Bonchev–Trinajstić information content (AvgIpc) is 2.98. The summed E-state index contributed by atoms with van der Waals surface area (Å²) in [7, 11) is 0. The SMILES string of the molecule is NC1(c2nc(-c3cccc(O)c3)no2)CCCC1. The molecule has 5 nitrogen and oxygen atoms in total. The van der Waals surface area contributed by atoms with Crippen molar-refractivity contribution in [3.05, 3.63) is 30.2 Å². The molecule has 1 aliphatic rings. The Morgan fingerprint density at radius 3 is 2.78 bits per heavy atom. The topological polar surface area (TPSA) is 85.2 Å². The number of nitrogens with two attached hydrogens (primary N) is 1. The summed E-state index contributed by atoms with van der Waals surface area (Å²) in [5, 5.41) is 13.4. The molecule has 1 aromatic carbocycles. The van der Waals surface area contributed by atoms with Crippen LogP contribution in [0.25, 0.3) is 11.4 Å². The Kier molecular flexibility index (Phi) is 2.56. The molecule has 0 radical (unpaired) electrons. The van der Waals surface area contributed by atoms with Crippen LogP contribution in [0.5, 0.6) is 5.75 Å². The third kappa shape index (κ3) is 1.86. The van der Waals surface area contributed by atoms with Crippen LogP contribution in [0.4, 0.5) is 0 Å². The van der Waals surface area contributed by atoms with Crippen LogP contribution in [-0.4, -0.2) is 15.2 Å². The van der Waals surface area contributed by atoms with Crippen molar-refractivity contribution in [2.24, 2.45) is 5.73 Å². The number of phenolic OH excluding ortho intramolecular Hbond substituents is 1. The summed E-state index contributed by atoms with van der Waals surface area (Å²) in [5.74, 6) is 1.15. The highest BCUT2D eigenvalue weighted by Crippen LogP contribution is 2.36. The van der Waals surface area contributed by atoms with E-state index in [1.807, 2.05) is 6.07 Å². The molecule has 0 atom stereocenters. The molecule has 3 N–H and O–H groups in total. The summed E-state index contributed by atoms with van der Waals surface area (Å²) in [6, 6.07) is 6.78. The second-order valence-corrected chi connectivity index (χ2v) is 4.84. The molecule has 0 amide bonds. The first-order chi connectivity index (χ1) is 8.67. The van der Waals surface area contributed by atoms with E-state index in [0.29, 0.717) is 11.7 Å². The predicted octanol–water partition coefficient (Wildman–Crippen LogP) is 2.17. The minimum atomic E-state index is -0.470. The van der Waals surface area contributed by atoms with E-state index < -0.39 is 5.54 Å². The monoisotopic (exact) mass is 245 g/mol. The van der Waals surface area contributed by atoms with Crippen LogP contribution >= 0.6 is 0 Å². The highest BCUT2D eigenvalue weighted by molar-refractivity contribution is 5.56. The van der Waals surface area contributed by atoms with Crippen molar-refractivity contribution < 1.29 is 9.63 Å². The molecule has 0 saturated heterocycles. The highest BCUT2D eigenvalue weighted by atomic mass is 16.5. The summed E-state index contributed by atoms with van der Waals surface area (Å²) in [4.78, 5) is 4.36. The van der Waals surface area contributed by atoms with Crippen molar-refractivity contribution in [3.8, 4) is 17.1 Å². The highest BCUT2D eigenvalue weighted by Gasteiger charge is 2.36. The van der Waals surface area contributed by atoms with E-state index in [9.17, 15) is 5.11 Å². The molecule has 0 bridgehead atoms. The average molecular weight is 245 g/mol. The van der Waals surface area contributed by atoms with Crippen LogP contribution in [0.3, 0.4) is 0 Å².